The van der Waals surface area contributed by atoms with E-state index in [4.69, 9.17) is 14.2 Å². The first kappa shape index (κ1) is 14.8. The largest absolute Gasteiger partial charge is 0.465 e. The van der Waals surface area contributed by atoms with Crippen LogP contribution in [0.15, 0.2) is 42.5 Å². The minimum Gasteiger partial charge on any atom is -0.465 e. The SMILES string of the molecule is CCOC(=O)C1C(=O)c2ccccc2C1c1ccc2c(c1)OCO2. The first-order valence-corrected chi connectivity index (χ1v) is 7.90. The van der Waals surface area contributed by atoms with Crippen molar-refractivity contribution in [3.05, 3.63) is 59.2 Å². The van der Waals surface area contributed by atoms with Crippen LogP contribution in [0, 0.1) is 5.92 Å². The van der Waals surface area contributed by atoms with Crippen LogP contribution in [-0.4, -0.2) is 25.2 Å². The monoisotopic (exact) mass is 324 g/mol. The zero-order valence-corrected chi connectivity index (χ0v) is 13.2. The quantitative estimate of drug-likeness (QED) is 0.642. The molecular weight excluding hydrogens is 308 g/mol. The van der Waals surface area contributed by atoms with Crippen LogP contribution < -0.4 is 9.47 Å². The van der Waals surface area contributed by atoms with E-state index in [1.807, 2.05) is 30.3 Å². The Hall–Kier alpha value is -2.82. The minimum absolute atomic E-state index is 0.181. The fourth-order valence-electron chi connectivity index (χ4n) is 3.44. The van der Waals surface area contributed by atoms with Crippen molar-refractivity contribution < 1.29 is 23.8 Å². The Kier molecular flexibility index (Phi) is 3.49. The fourth-order valence-corrected chi connectivity index (χ4v) is 3.44. The lowest BCUT2D eigenvalue weighted by atomic mass is 9.85. The predicted molar refractivity (Wildman–Crippen MR) is 85.3 cm³/mol. The Bertz CT molecular complexity index is 826. The molecule has 4 rings (SSSR count). The Balaban J connectivity index is 1.83. The third-order valence-corrected chi connectivity index (χ3v) is 4.47. The Morgan fingerprint density at radius 3 is 2.79 bits per heavy atom. The van der Waals surface area contributed by atoms with Crippen molar-refractivity contribution in [1.82, 2.24) is 0 Å². The third-order valence-electron chi connectivity index (χ3n) is 4.47. The van der Waals surface area contributed by atoms with Gasteiger partial charge in [-0.15, -0.1) is 0 Å². The van der Waals surface area contributed by atoms with E-state index < -0.39 is 11.9 Å². The molecule has 0 bridgehead atoms. The molecular formula is C19H16O5. The molecule has 1 aliphatic heterocycles. The van der Waals surface area contributed by atoms with E-state index in [2.05, 4.69) is 0 Å². The van der Waals surface area contributed by atoms with Crippen LogP contribution in [0.1, 0.15) is 34.3 Å². The summed E-state index contributed by atoms with van der Waals surface area (Å²) >= 11 is 0. The van der Waals surface area contributed by atoms with Crippen molar-refractivity contribution >= 4 is 11.8 Å². The average molecular weight is 324 g/mol. The van der Waals surface area contributed by atoms with E-state index in [0.29, 0.717) is 17.1 Å². The van der Waals surface area contributed by atoms with Crippen molar-refractivity contribution in [2.24, 2.45) is 5.92 Å². The first-order chi connectivity index (χ1) is 11.7. The highest BCUT2D eigenvalue weighted by Gasteiger charge is 2.46. The molecule has 5 heteroatoms. The number of ether oxygens (including phenoxy) is 3. The van der Waals surface area contributed by atoms with E-state index in [1.54, 1.807) is 19.1 Å². The molecule has 0 radical (unpaired) electrons. The molecule has 0 saturated heterocycles. The maximum atomic E-state index is 12.8. The number of esters is 1. The molecule has 122 valence electrons. The van der Waals surface area contributed by atoms with E-state index >= 15 is 0 Å². The van der Waals surface area contributed by atoms with Crippen LogP contribution in [0.5, 0.6) is 11.5 Å². The maximum absolute atomic E-state index is 12.8. The molecule has 2 atom stereocenters. The molecule has 2 aromatic rings. The fraction of sp³-hybridized carbons (Fsp3) is 0.263. The minimum atomic E-state index is -0.859. The van der Waals surface area contributed by atoms with Crippen molar-refractivity contribution in [2.45, 2.75) is 12.8 Å². The van der Waals surface area contributed by atoms with E-state index in [0.717, 1.165) is 11.1 Å². The summed E-state index contributed by atoms with van der Waals surface area (Å²) in [5.74, 6) is -0.603. The second-order valence-electron chi connectivity index (χ2n) is 5.77. The van der Waals surface area contributed by atoms with Crippen LogP contribution in [0.25, 0.3) is 0 Å². The Morgan fingerprint density at radius 1 is 1.17 bits per heavy atom. The molecule has 0 saturated carbocycles. The van der Waals surface area contributed by atoms with Gasteiger partial charge in [0, 0.05) is 11.5 Å². The molecule has 0 spiro atoms. The van der Waals surface area contributed by atoms with Gasteiger partial charge in [0.25, 0.3) is 0 Å². The van der Waals surface area contributed by atoms with Gasteiger partial charge in [0.1, 0.15) is 5.92 Å². The predicted octanol–water partition coefficient (Wildman–Crippen LogP) is 2.92. The summed E-state index contributed by atoms with van der Waals surface area (Å²) in [7, 11) is 0. The van der Waals surface area contributed by atoms with Gasteiger partial charge in [0.15, 0.2) is 17.3 Å². The lowest BCUT2D eigenvalue weighted by molar-refractivity contribution is -0.146. The molecule has 5 nitrogen and oxygen atoms in total. The molecule has 1 aliphatic carbocycles. The van der Waals surface area contributed by atoms with E-state index in [9.17, 15) is 9.59 Å². The number of carbonyl (C=O) groups excluding carboxylic acids is 2. The molecule has 2 unspecified atom stereocenters. The van der Waals surface area contributed by atoms with Crippen molar-refractivity contribution in [2.75, 3.05) is 13.4 Å². The van der Waals surface area contributed by atoms with Crippen LogP contribution in [-0.2, 0) is 9.53 Å². The molecule has 24 heavy (non-hydrogen) atoms. The van der Waals surface area contributed by atoms with E-state index in [-0.39, 0.29) is 25.1 Å². The Morgan fingerprint density at radius 2 is 1.96 bits per heavy atom. The van der Waals surface area contributed by atoms with Crippen molar-refractivity contribution in [3.63, 3.8) is 0 Å². The number of benzene rings is 2. The Labute approximate surface area is 139 Å². The molecule has 0 amide bonds. The number of hydrogen-bond donors (Lipinski definition) is 0. The highest BCUT2D eigenvalue weighted by molar-refractivity contribution is 6.13. The summed E-state index contributed by atoms with van der Waals surface area (Å²) in [5, 5.41) is 0. The molecule has 1 heterocycles. The zero-order chi connectivity index (χ0) is 16.7. The van der Waals surface area contributed by atoms with Crippen LogP contribution in [0.4, 0.5) is 0 Å². The van der Waals surface area contributed by atoms with E-state index in [1.165, 1.54) is 0 Å². The summed E-state index contributed by atoms with van der Waals surface area (Å²) in [6.07, 6.45) is 0. The summed E-state index contributed by atoms with van der Waals surface area (Å²) in [6.45, 7) is 2.16. The first-order valence-electron chi connectivity index (χ1n) is 7.90. The lowest BCUT2D eigenvalue weighted by Crippen LogP contribution is -2.27. The van der Waals surface area contributed by atoms with Gasteiger partial charge >= 0.3 is 5.97 Å². The number of rotatable bonds is 3. The van der Waals surface area contributed by atoms with Gasteiger partial charge in [0.05, 0.1) is 6.61 Å². The topological polar surface area (TPSA) is 61.8 Å². The number of carbonyl (C=O) groups is 2. The molecule has 0 N–H and O–H groups in total. The summed E-state index contributed by atoms with van der Waals surface area (Å²) in [5.41, 5.74) is 2.27. The summed E-state index contributed by atoms with van der Waals surface area (Å²) in [6, 6.07) is 12.9. The normalized spacial score (nSPS) is 20.8. The number of fused-ring (bicyclic) bond motifs is 2. The second kappa shape index (κ2) is 5.67. The number of ketones is 1. The van der Waals surface area contributed by atoms with Gasteiger partial charge < -0.3 is 14.2 Å². The van der Waals surface area contributed by atoms with Gasteiger partial charge in [-0.1, -0.05) is 30.3 Å². The van der Waals surface area contributed by atoms with Crippen molar-refractivity contribution in [1.29, 1.82) is 0 Å². The van der Waals surface area contributed by atoms with Crippen LogP contribution in [0.2, 0.25) is 0 Å². The van der Waals surface area contributed by atoms with Gasteiger partial charge in [0.2, 0.25) is 6.79 Å². The molecule has 0 fully saturated rings. The molecule has 0 aromatic heterocycles. The van der Waals surface area contributed by atoms with Gasteiger partial charge in [-0.3, -0.25) is 9.59 Å². The highest BCUT2D eigenvalue weighted by Crippen LogP contribution is 2.45. The highest BCUT2D eigenvalue weighted by atomic mass is 16.7. The average Bonchev–Trinajstić information content (AvgIpc) is 3.17. The summed E-state index contributed by atoms with van der Waals surface area (Å²) in [4.78, 5) is 25.2. The lowest BCUT2D eigenvalue weighted by Gasteiger charge is -2.19. The maximum Gasteiger partial charge on any atom is 0.317 e. The molecule has 2 aliphatic rings. The van der Waals surface area contributed by atoms with Crippen LogP contribution >= 0.6 is 0 Å². The van der Waals surface area contributed by atoms with Crippen molar-refractivity contribution in [3.8, 4) is 11.5 Å². The summed E-state index contributed by atoms with van der Waals surface area (Å²) < 4.78 is 15.9. The van der Waals surface area contributed by atoms with Gasteiger partial charge in [-0.2, -0.15) is 0 Å². The van der Waals surface area contributed by atoms with Gasteiger partial charge in [-0.05, 0) is 30.2 Å². The number of Topliss-reactive ketones (excluding diaryl/α,β-unsaturated/α-hetero) is 1. The third kappa shape index (κ3) is 2.16. The smallest absolute Gasteiger partial charge is 0.317 e. The number of hydrogen-bond acceptors (Lipinski definition) is 5. The van der Waals surface area contributed by atoms with Gasteiger partial charge in [-0.25, -0.2) is 0 Å². The standard InChI is InChI=1S/C19H16O5/c1-2-22-19(21)17-16(12-5-3-4-6-13(12)18(17)20)11-7-8-14-15(9-11)24-10-23-14/h3-9,16-17H,2,10H2,1H3. The molecule has 2 aromatic carbocycles. The van der Waals surface area contributed by atoms with Crippen LogP contribution in [0.3, 0.4) is 0 Å². The zero-order valence-electron chi connectivity index (χ0n) is 13.2. The second-order valence-corrected chi connectivity index (χ2v) is 5.77.